The van der Waals surface area contributed by atoms with Gasteiger partial charge in [0.15, 0.2) is 5.79 Å². The summed E-state index contributed by atoms with van der Waals surface area (Å²) >= 11 is 0. The molecular formula is C19H24N2O4. The van der Waals surface area contributed by atoms with E-state index in [1.807, 2.05) is 36.1 Å². The van der Waals surface area contributed by atoms with E-state index in [2.05, 4.69) is 0 Å². The number of benzene rings is 1. The Bertz CT molecular complexity index is 674. The Morgan fingerprint density at radius 2 is 1.88 bits per heavy atom. The van der Waals surface area contributed by atoms with Gasteiger partial charge in [0.1, 0.15) is 6.04 Å². The van der Waals surface area contributed by atoms with E-state index < -0.39 is 11.8 Å². The molecule has 0 radical (unpaired) electrons. The summed E-state index contributed by atoms with van der Waals surface area (Å²) in [6, 6.07) is 7.28. The number of hydrogen-bond acceptors (Lipinski definition) is 4. The molecule has 134 valence electrons. The maximum Gasteiger partial charge on any atom is 0.250 e. The third-order valence-electron chi connectivity index (χ3n) is 5.55. The summed E-state index contributed by atoms with van der Waals surface area (Å²) in [6.07, 6.45) is 1.75. The molecule has 1 atom stereocenters. The molecule has 0 unspecified atom stereocenters. The molecule has 25 heavy (non-hydrogen) atoms. The minimum atomic E-state index is -0.512. The highest BCUT2D eigenvalue weighted by atomic mass is 16.7. The number of carbonyl (C=O) groups excluding carboxylic acids is 2. The van der Waals surface area contributed by atoms with Crippen LogP contribution in [0.4, 0.5) is 0 Å². The fourth-order valence-corrected chi connectivity index (χ4v) is 4.19. The fourth-order valence-electron chi connectivity index (χ4n) is 4.19. The summed E-state index contributed by atoms with van der Waals surface area (Å²) in [4.78, 5) is 29.4. The van der Waals surface area contributed by atoms with E-state index in [1.165, 1.54) is 0 Å². The van der Waals surface area contributed by atoms with Crippen LogP contribution >= 0.6 is 0 Å². The molecule has 6 heteroatoms. The van der Waals surface area contributed by atoms with E-state index >= 15 is 0 Å². The lowest BCUT2D eigenvalue weighted by molar-refractivity contribution is -0.189. The monoisotopic (exact) mass is 344 g/mol. The van der Waals surface area contributed by atoms with Crippen molar-refractivity contribution in [3.05, 3.63) is 35.4 Å². The number of likely N-dealkylation sites (tertiary alicyclic amines) is 1. The van der Waals surface area contributed by atoms with E-state index in [9.17, 15) is 9.59 Å². The topological polar surface area (TPSA) is 59.1 Å². The standard InChI is InChI=1S/C19H24N2O4/c1-2-21-16(22)13-14-5-3-4-6-15(14)17(21)18(23)20-9-7-19(8-10-20)24-11-12-25-19/h3-6,17H,2,7-13H2,1H3/t17-/m1/s1. The van der Waals surface area contributed by atoms with Crippen molar-refractivity contribution in [2.24, 2.45) is 0 Å². The van der Waals surface area contributed by atoms with Crippen molar-refractivity contribution in [1.29, 1.82) is 0 Å². The fraction of sp³-hybridized carbons (Fsp3) is 0.579. The molecule has 1 aromatic carbocycles. The number of amides is 2. The second kappa shape index (κ2) is 6.42. The first kappa shape index (κ1) is 16.5. The molecule has 0 N–H and O–H groups in total. The lowest BCUT2D eigenvalue weighted by Crippen LogP contribution is -2.53. The molecule has 6 nitrogen and oxygen atoms in total. The van der Waals surface area contributed by atoms with Gasteiger partial charge in [-0.1, -0.05) is 24.3 Å². The van der Waals surface area contributed by atoms with E-state index in [0.29, 0.717) is 52.1 Å². The summed E-state index contributed by atoms with van der Waals surface area (Å²) in [5.41, 5.74) is 1.93. The number of hydrogen-bond donors (Lipinski definition) is 0. The molecule has 0 aliphatic carbocycles. The number of ether oxygens (including phenoxy) is 2. The Kier molecular flexibility index (Phi) is 4.25. The molecule has 4 rings (SSSR count). The van der Waals surface area contributed by atoms with Crippen LogP contribution in [0.2, 0.25) is 0 Å². The quantitative estimate of drug-likeness (QED) is 0.816. The smallest absolute Gasteiger partial charge is 0.250 e. The molecule has 0 saturated carbocycles. The van der Waals surface area contributed by atoms with Crippen molar-refractivity contribution >= 4 is 11.8 Å². The zero-order chi connectivity index (χ0) is 17.4. The average Bonchev–Trinajstić information content (AvgIpc) is 3.08. The first-order valence-electron chi connectivity index (χ1n) is 9.07. The lowest BCUT2D eigenvalue weighted by atomic mass is 9.90. The largest absolute Gasteiger partial charge is 0.347 e. The second-order valence-electron chi connectivity index (χ2n) is 6.89. The molecule has 2 fully saturated rings. The predicted molar refractivity (Wildman–Crippen MR) is 90.7 cm³/mol. The number of rotatable bonds is 2. The third kappa shape index (κ3) is 2.83. The van der Waals surface area contributed by atoms with Gasteiger partial charge in [-0.2, -0.15) is 0 Å². The lowest BCUT2D eigenvalue weighted by Gasteiger charge is -2.42. The zero-order valence-electron chi connectivity index (χ0n) is 14.6. The highest BCUT2D eigenvalue weighted by Gasteiger charge is 2.44. The molecule has 3 aliphatic heterocycles. The van der Waals surface area contributed by atoms with Gasteiger partial charge >= 0.3 is 0 Å². The molecular weight excluding hydrogens is 320 g/mol. The van der Waals surface area contributed by atoms with Gasteiger partial charge in [-0.3, -0.25) is 9.59 Å². The minimum Gasteiger partial charge on any atom is -0.347 e. The van der Waals surface area contributed by atoms with Crippen molar-refractivity contribution < 1.29 is 19.1 Å². The van der Waals surface area contributed by atoms with Gasteiger partial charge in [0.25, 0.3) is 0 Å². The molecule has 1 spiro atoms. The Labute approximate surface area is 147 Å². The molecule has 1 aromatic rings. The van der Waals surface area contributed by atoms with Gasteiger partial charge in [0, 0.05) is 32.5 Å². The van der Waals surface area contributed by atoms with Crippen LogP contribution in [0.1, 0.15) is 36.9 Å². The third-order valence-corrected chi connectivity index (χ3v) is 5.55. The highest BCUT2D eigenvalue weighted by Crippen LogP contribution is 2.35. The van der Waals surface area contributed by atoms with E-state index in [0.717, 1.165) is 11.1 Å². The van der Waals surface area contributed by atoms with Gasteiger partial charge in [0.2, 0.25) is 11.8 Å². The number of carbonyl (C=O) groups is 2. The minimum absolute atomic E-state index is 0.00944. The van der Waals surface area contributed by atoms with Crippen LogP contribution in [-0.4, -0.2) is 60.2 Å². The highest BCUT2D eigenvalue weighted by molar-refractivity contribution is 5.92. The molecule has 3 heterocycles. The molecule has 2 amide bonds. The van der Waals surface area contributed by atoms with Crippen LogP contribution in [0.25, 0.3) is 0 Å². The Hall–Kier alpha value is -1.92. The van der Waals surface area contributed by atoms with Crippen LogP contribution in [0.5, 0.6) is 0 Å². The zero-order valence-corrected chi connectivity index (χ0v) is 14.6. The van der Waals surface area contributed by atoms with Crippen molar-refractivity contribution in [1.82, 2.24) is 9.80 Å². The number of fused-ring (bicyclic) bond motifs is 1. The van der Waals surface area contributed by atoms with E-state index in [1.54, 1.807) is 4.90 Å². The van der Waals surface area contributed by atoms with E-state index in [-0.39, 0.29) is 11.8 Å². The number of nitrogens with zero attached hydrogens (tertiary/aromatic N) is 2. The number of likely N-dealkylation sites (N-methyl/N-ethyl adjacent to an activating group) is 1. The first-order chi connectivity index (χ1) is 12.1. The van der Waals surface area contributed by atoms with Crippen LogP contribution in [-0.2, 0) is 25.5 Å². The van der Waals surface area contributed by atoms with Gasteiger partial charge in [0.05, 0.1) is 19.6 Å². The maximum atomic E-state index is 13.3. The van der Waals surface area contributed by atoms with Crippen LogP contribution < -0.4 is 0 Å². The van der Waals surface area contributed by atoms with Crippen LogP contribution in [0.3, 0.4) is 0 Å². The Morgan fingerprint density at radius 1 is 1.20 bits per heavy atom. The van der Waals surface area contributed by atoms with Gasteiger partial charge in [-0.05, 0) is 18.1 Å². The van der Waals surface area contributed by atoms with Gasteiger partial charge < -0.3 is 19.3 Å². The molecule has 0 bridgehead atoms. The average molecular weight is 344 g/mol. The summed E-state index contributed by atoms with van der Waals surface area (Å²) in [6.45, 7) is 4.92. The molecule has 2 saturated heterocycles. The summed E-state index contributed by atoms with van der Waals surface area (Å²) in [5, 5.41) is 0. The van der Waals surface area contributed by atoms with Crippen LogP contribution in [0, 0.1) is 0 Å². The van der Waals surface area contributed by atoms with E-state index in [4.69, 9.17) is 9.47 Å². The normalized spacial score (nSPS) is 25.3. The molecule has 3 aliphatic rings. The second-order valence-corrected chi connectivity index (χ2v) is 6.89. The summed E-state index contributed by atoms with van der Waals surface area (Å²) in [5.74, 6) is -0.465. The van der Waals surface area contributed by atoms with Crippen molar-refractivity contribution in [3.63, 3.8) is 0 Å². The SMILES string of the molecule is CCN1C(=O)Cc2ccccc2[C@@H]1C(=O)N1CCC2(CC1)OCCO2. The summed E-state index contributed by atoms with van der Waals surface area (Å²) in [7, 11) is 0. The number of piperidine rings is 1. The van der Waals surface area contributed by atoms with Crippen molar-refractivity contribution in [3.8, 4) is 0 Å². The Morgan fingerprint density at radius 3 is 2.56 bits per heavy atom. The predicted octanol–water partition coefficient (Wildman–Crippen LogP) is 1.50. The maximum absolute atomic E-state index is 13.3. The van der Waals surface area contributed by atoms with Gasteiger partial charge in [-0.25, -0.2) is 0 Å². The first-order valence-corrected chi connectivity index (χ1v) is 9.07. The molecule has 0 aromatic heterocycles. The Balaban J connectivity index is 1.57. The summed E-state index contributed by atoms with van der Waals surface area (Å²) < 4.78 is 11.5. The van der Waals surface area contributed by atoms with Crippen LogP contribution in [0.15, 0.2) is 24.3 Å². The van der Waals surface area contributed by atoms with Gasteiger partial charge in [-0.15, -0.1) is 0 Å². The van der Waals surface area contributed by atoms with Crippen molar-refractivity contribution in [2.75, 3.05) is 32.8 Å². The van der Waals surface area contributed by atoms with Crippen molar-refractivity contribution in [2.45, 2.75) is 38.0 Å².